The van der Waals surface area contributed by atoms with Gasteiger partial charge in [0.1, 0.15) is 0 Å². The Morgan fingerprint density at radius 2 is 2.05 bits per heavy atom. The van der Waals surface area contributed by atoms with E-state index in [0.29, 0.717) is 24.7 Å². The first-order valence-corrected chi connectivity index (χ1v) is 6.65. The highest BCUT2D eigenvalue weighted by molar-refractivity contribution is 6.30. The maximum atomic E-state index is 11.2. The summed E-state index contributed by atoms with van der Waals surface area (Å²) in [5, 5.41) is 10.5. The number of aliphatic hydroxyl groups excluding tert-OH is 1. The summed E-state index contributed by atoms with van der Waals surface area (Å²) < 4.78 is 4.79. The Morgan fingerprint density at radius 3 is 2.63 bits per heavy atom. The third kappa shape index (κ3) is 6.57. The average molecular weight is 286 g/mol. The Hall–Kier alpha value is -1.10. The van der Waals surface area contributed by atoms with Crippen molar-refractivity contribution in [2.45, 2.75) is 26.0 Å². The number of nitrogens with zero attached hydrogens (tertiary/aromatic N) is 1. The monoisotopic (exact) mass is 285 g/mol. The molecule has 1 rings (SSSR count). The van der Waals surface area contributed by atoms with Crippen LogP contribution < -0.4 is 0 Å². The van der Waals surface area contributed by atoms with Crippen LogP contribution in [0.3, 0.4) is 0 Å². The summed E-state index contributed by atoms with van der Waals surface area (Å²) in [5.74, 6) is -0.366. The first-order chi connectivity index (χ1) is 9.01. The van der Waals surface area contributed by atoms with Crippen LogP contribution in [-0.4, -0.2) is 42.3 Å². The summed E-state index contributed by atoms with van der Waals surface area (Å²) >= 11 is 5.81. The van der Waals surface area contributed by atoms with E-state index >= 15 is 0 Å². The largest absolute Gasteiger partial charge is 0.466 e. The van der Waals surface area contributed by atoms with Crippen LogP contribution in [0.5, 0.6) is 0 Å². The number of hydrogen-bond acceptors (Lipinski definition) is 4. The highest BCUT2D eigenvalue weighted by atomic mass is 35.5. The molecule has 1 aromatic carbocycles. The number of rotatable bonds is 7. The second-order valence-electron chi connectivity index (χ2n) is 4.49. The highest BCUT2D eigenvalue weighted by Crippen LogP contribution is 2.11. The topological polar surface area (TPSA) is 49.8 Å². The van der Waals surface area contributed by atoms with Gasteiger partial charge in [-0.3, -0.25) is 9.69 Å². The molecule has 0 aliphatic carbocycles. The van der Waals surface area contributed by atoms with Crippen molar-refractivity contribution in [1.82, 2.24) is 4.90 Å². The van der Waals surface area contributed by atoms with E-state index in [-0.39, 0.29) is 12.4 Å². The van der Waals surface area contributed by atoms with Gasteiger partial charge in [-0.25, -0.2) is 0 Å². The normalized spacial score (nSPS) is 12.5. The van der Waals surface area contributed by atoms with Crippen molar-refractivity contribution in [2.24, 2.45) is 0 Å². The van der Waals surface area contributed by atoms with Gasteiger partial charge in [-0.2, -0.15) is 0 Å². The third-order valence-electron chi connectivity index (χ3n) is 2.60. The lowest BCUT2D eigenvalue weighted by Gasteiger charge is -2.20. The lowest BCUT2D eigenvalue weighted by atomic mass is 10.2. The van der Waals surface area contributed by atoms with E-state index in [1.807, 2.05) is 36.2 Å². The van der Waals surface area contributed by atoms with Crippen molar-refractivity contribution in [1.29, 1.82) is 0 Å². The maximum Gasteiger partial charge on any atom is 0.308 e. The average Bonchev–Trinajstić information content (AvgIpc) is 2.32. The molecule has 19 heavy (non-hydrogen) atoms. The third-order valence-corrected chi connectivity index (χ3v) is 2.85. The first-order valence-electron chi connectivity index (χ1n) is 6.28. The molecule has 1 atom stereocenters. The molecular formula is C14H20ClNO3. The van der Waals surface area contributed by atoms with Crippen LogP contribution >= 0.6 is 11.6 Å². The molecule has 0 aliphatic rings. The highest BCUT2D eigenvalue weighted by Gasteiger charge is 2.14. The van der Waals surface area contributed by atoms with Gasteiger partial charge in [0.05, 0.1) is 19.1 Å². The number of carbonyl (C=O) groups is 1. The second-order valence-corrected chi connectivity index (χ2v) is 4.92. The molecule has 1 aromatic rings. The van der Waals surface area contributed by atoms with E-state index in [1.54, 1.807) is 6.92 Å². The summed E-state index contributed by atoms with van der Waals surface area (Å²) in [7, 11) is 1.89. The predicted molar refractivity (Wildman–Crippen MR) is 75.0 cm³/mol. The number of ether oxygens (including phenoxy) is 1. The van der Waals surface area contributed by atoms with Crippen LogP contribution in [-0.2, 0) is 16.1 Å². The summed E-state index contributed by atoms with van der Waals surface area (Å²) in [4.78, 5) is 13.2. The van der Waals surface area contributed by atoms with Gasteiger partial charge in [0.2, 0.25) is 0 Å². The Balaban J connectivity index is 2.35. The zero-order valence-electron chi connectivity index (χ0n) is 11.3. The summed E-state index contributed by atoms with van der Waals surface area (Å²) in [5.41, 5.74) is 1.11. The minimum absolute atomic E-state index is 0.0266. The number of aliphatic hydroxyl groups is 1. The Kier molecular flexibility index (Phi) is 6.84. The number of halogens is 1. The van der Waals surface area contributed by atoms with E-state index in [1.165, 1.54) is 0 Å². The minimum Gasteiger partial charge on any atom is -0.466 e. The molecule has 1 N–H and O–H groups in total. The van der Waals surface area contributed by atoms with Gasteiger partial charge < -0.3 is 9.84 Å². The van der Waals surface area contributed by atoms with Crippen LogP contribution in [0.2, 0.25) is 5.02 Å². The molecule has 0 bridgehead atoms. The van der Waals surface area contributed by atoms with Crippen LogP contribution in [0, 0.1) is 0 Å². The van der Waals surface area contributed by atoms with Gasteiger partial charge in [-0.1, -0.05) is 23.7 Å². The fraction of sp³-hybridized carbons (Fsp3) is 0.500. The Bertz CT molecular complexity index is 394. The molecule has 0 aliphatic heterocycles. The van der Waals surface area contributed by atoms with Crippen LogP contribution in [0.25, 0.3) is 0 Å². The van der Waals surface area contributed by atoms with Crippen molar-refractivity contribution >= 4 is 17.6 Å². The predicted octanol–water partition coefficient (Wildman–Crippen LogP) is 2.09. The molecule has 4 nitrogen and oxygen atoms in total. The van der Waals surface area contributed by atoms with Crippen LogP contribution in [0.4, 0.5) is 0 Å². The van der Waals surface area contributed by atoms with E-state index in [4.69, 9.17) is 16.3 Å². The molecule has 0 aromatic heterocycles. The quantitative estimate of drug-likeness (QED) is 0.780. The molecule has 0 fully saturated rings. The Labute approximate surface area is 118 Å². The molecule has 0 saturated carbocycles. The van der Waals surface area contributed by atoms with E-state index in [9.17, 15) is 9.90 Å². The van der Waals surface area contributed by atoms with Crippen molar-refractivity contribution < 1.29 is 14.6 Å². The van der Waals surface area contributed by atoms with Gasteiger partial charge in [0, 0.05) is 18.1 Å². The zero-order valence-corrected chi connectivity index (χ0v) is 12.1. The molecule has 0 amide bonds. The summed E-state index contributed by atoms with van der Waals surface area (Å²) in [6, 6.07) is 7.55. The van der Waals surface area contributed by atoms with Crippen molar-refractivity contribution in [3.05, 3.63) is 34.9 Å². The minimum atomic E-state index is -0.712. The van der Waals surface area contributed by atoms with Crippen LogP contribution in [0.15, 0.2) is 24.3 Å². The molecule has 0 saturated heterocycles. The lowest BCUT2D eigenvalue weighted by Crippen LogP contribution is -2.30. The Morgan fingerprint density at radius 1 is 1.42 bits per heavy atom. The molecule has 0 heterocycles. The summed E-state index contributed by atoms with van der Waals surface area (Å²) in [6.07, 6.45) is -0.685. The molecule has 1 unspecified atom stereocenters. The van der Waals surface area contributed by atoms with E-state index in [2.05, 4.69) is 0 Å². The van der Waals surface area contributed by atoms with Gasteiger partial charge in [-0.05, 0) is 31.7 Å². The molecular weight excluding hydrogens is 266 g/mol. The molecule has 0 spiro atoms. The van der Waals surface area contributed by atoms with E-state index < -0.39 is 6.10 Å². The number of benzene rings is 1. The number of esters is 1. The van der Waals surface area contributed by atoms with E-state index in [0.717, 1.165) is 5.56 Å². The number of hydrogen-bond donors (Lipinski definition) is 1. The van der Waals surface area contributed by atoms with Crippen molar-refractivity contribution in [2.75, 3.05) is 20.2 Å². The second kappa shape index (κ2) is 8.15. The number of carbonyl (C=O) groups excluding carboxylic acids is 1. The smallest absolute Gasteiger partial charge is 0.308 e. The van der Waals surface area contributed by atoms with Crippen molar-refractivity contribution in [3.63, 3.8) is 0 Å². The van der Waals surface area contributed by atoms with Gasteiger partial charge in [-0.15, -0.1) is 0 Å². The van der Waals surface area contributed by atoms with Gasteiger partial charge >= 0.3 is 5.97 Å². The lowest BCUT2D eigenvalue weighted by molar-refractivity contribution is -0.145. The SMILES string of the molecule is CCOC(=O)CC(O)CN(C)Cc1ccc(Cl)cc1. The first kappa shape index (κ1) is 16.0. The fourth-order valence-corrected chi connectivity index (χ4v) is 1.93. The van der Waals surface area contributed by atoms with Gasteiger partial charge in [0.15, 0.2) is 0 Å². The molecule has 5 heteroatoms. The zero-order chi connectivity index (χ0) is 14.3. The maximum absolute atomic E-state index is 11.2. The molecule has 106 valence electrons. The number of likely N-dealkylation sites (N-methyl/N-ethyl adjacent to an activating group) is 1. The summed E-state index contributed by atoms with van der Waals surface area (Å²) in [6.45, 7) is 3.20. The standard InChI is InChI=1S/C14H20ClNO3/c1-3-19-14(18)8-13(17)10-16(2)9-11-4-6-12(15)7-5-11/h4-7,13,17H,3,8-10H2,1-2H3. The van der Waals surface area contributed by atoms with Gasteiger partial charge in [0.25, 0.3) is 0 Å². The van der Waals surface area contributed by atoms with Crippen LogP contribution in [0.1, 0.15) is 18.9 Å². The molecule has 0 radical (unpaired) electrons. The fourth-order valence-electron chi connectivity index (χ4n) is 1.80. The van der Waals surface area contributed by atoms with Crippen molar-refractivity contribution in [3.8, 4) is 0 Å².